The number of nitriles is 1. The number of anilines is 1. The van der Waals surface area contributed by atoms with Gasteiger partial charge >= 0.3 is 0 Å². The third-order valence-electron chi connectivity index (χ3n) is 2.43. The molecule has 0 unspecified atom stereocenters. The number of nitrogens with one attached hydrogen (secondary N) is 1. The summed E-state index contributed by atoms with van der Waals surface area (Å²) in [5, 5.41) is 20.1. The number of aromatic nitrogens is 2. The highest BCUT2D eigenvalue weighted by Gasteiger charge is 2.08. The molecule has 96 valence electrons. The minimum Gasteiger partial charge on any atom is -0.300 e. The van der Waals surface area contributed by atoms with E-state index in [1.165, 1.54) is 16.9 Å². The van der Waals surface area contributed by atoms with Gasteiger partial charge < -0.3 is 0 Å². The predicted octanol–water partition coefficient (Wildman–Crippen LogP) is 2.29. The van der Waals surface area contributed by atoms with Gasteiger partial charge in [0.1, 0.15) is 11.4 Å². The summed E-state index contributed by atoms with van der Waals surface area (Å²) in [6, 6.07) is 9.97. The fourth-order valence-corrected chi connectivity index (χ4v) is 2.28. The summed E-state index contributed by atoms with van der Waals surface area (Å²) in [6.07, 6.45) is 0.513. The van der Waals surface area contributed by atoms with Crippen LogP contribution >= 0.6 is 11.3 Å². The van der Waals surface area contributed by atoms with Gasteiger partial charge in [0, 0.05) is 6.42 Å². The number of aryl methyl sites for hydroxylation is 1. The molecule has 0 aliphatic heterocycles. The van der Waals surface area contributed by atoms with Crippen molar-refractivity contribution < 1.29 is 4.79 Å². The summed E-state index contributed by atoms with van der Waals surface area (Å²) in [7, 11) is 0. The van der Waals surface area contributed by atoms with Gasteiger partial charge in [-0.25, -0.2) is 0 Å². The van der Waals surface area contributed by atoms with Crippen molar-refractivity contribution in [1.82, 2.24) is 10.2 Å². The maximum absolute atomic E-state index is 11.2. The first-order valence-electron chi connectivity index (χ1n) is 5.72. The van der Waals surface area contributed by atoms with Crippen LogP contribution in [0, 0.1) is 18.3 Å². The summed E-state index contributed by atoms with van der Waals surface area (Å²) in [5.41, 5.74) is 2.36. The number of hydrogen-bond acceptors (Lipinski definition) is 5. The largest absolute Gasteiger partial charge is 0.300 e. The maximum Gasteiger partial charge on any atom is 0.240 e. The molecule has 0 spiro atoms. The Hall–Kier alpha value is -2.26. The van der Waals surface area contributed by atoms with Crippen LogP contribution in [0.3, 0.4) is 0 Å². The Kier molecular flexibility index (Phi) is 4.21. The van der Waals surface area contributed by atoms with E-state index in [2.05, 4.69) is 15.5 Å². The molecule has 0 aliphatic carbocycles. The Morgan fingerprint density at radius 2 is 2.11 bits per heavy atom. The highest BCUT2D eigenvalue weighted by Crippen LogP contribution is 2.18. The Balaban J connectivity index is 1.99. The fraction of sp³-hybridized carbons (Fsp3) is 0.231. The lowest BCUT2D eigenvalue weighted by atomic mass is 10.1. The predicted molar refractivity (Wildman–Crippen MR) is 72.8 cm³/mol. The lowest BCUT2D eigenvalue weighted by molar-refractivity contribution is -0.115. The quantitative estimate of drug-likeness (QED) is 0.926. The summed E-state index contributed by atoms with van der Waals surface area (Å²) >= 11 is 1.32. The number of nitrogens with zero attached hydrogens (tertiary/aromatic N) is 3. The molecule has 0 saturated heterocycles. The Morgan fingerprint density at radius 1 is 1.37 bits per heavy atom. The van der Waals surface area contributed by atoms with Crippen LogP contribution in [0.2, 0.25) is 0 Å². The SMILES string of the molecule is Cc1ccc(Cc2nnc(NC(=O)CC#N)s2)cc1. The summed E-state index contributed by atoms with van der Waals surface area (Å²) in [4.78, 5) is 11.2. The summed E-state index contributed by atoms with van der Waals surface area (Å²) < 4.78 is 0. The van der Waals surface area contributed by atoms with Gasteiger partial charge in [0.2, 0.25) is 11.0 Å². The van der Waals surface area contributed by atoms with Crippen molar-refractivity contribution in [1.29, 1.82) is 5.26 Å². The molecule has 1 heterocycles. The van der Waals surface area contributed by atoms with Crippen LogP contribution in [0.4, 0.5) is 5.13 Å². The molecule has 2 rings (SSSR count). The molecule has 0 saturated carbocycles. The van der Waals surface area contributed by atoms with Gasteiger partial charge in [-0.1, -0.05) is 41.2 Å². The van der Waals surface area contributed by atoms with Crippen LogP contribution in [0.5, 0.6) is 0 Å². The maximum atomic E-state index is 11.2. The number of carbonyl (C=O) groups excluding carboxylic acids is 1. The molecule has 0 atom stereocenters. The number of hydrogen-bond donors (Lipinski definition) is 1. The lowest BCUT2D eigenvalue weighted by Crippen LogP contribution is -2.09. The standard InChI is InChI=1S/C13H12N4OS/c1-9-2-4-10(5-3-9)8-12-16-17-13(19-12)15-11(18)6-7-14/h2-5H,6,8H2,1H3,(H,15,17,18). The van der Waals surface area contributed by atoms with Crippen LogP contribution in [0.1, 0.15) is 22.6 Å². The van der Waals surface area contributed by atoms with E-state index >= 15 is 0 Å². The Morgan fingerprint density at radius 3 is 2.79 bits per heavy atom. The Labute approximate surface area is 114 Å². The molecule has 0 aliphatic rings. The molecule has 1 N–H and O–H groups in total. The van der Waals surface area contributed by atoms with Crippen LogP contribution in [0.15, 0.2) is 24.3 Å². The van der Waals surface area contributed by atoms with E-state index in [-0.39, 0.29) is 12.3 Å². The molecule has 1 amide bonds. The van der Waals surface area contributed by atoms with Crippen LogP contribution in [0.25, 0.3) is 0 Å². The number of benzene rings is 1. The van der Waals surface area contributed by atoms with Crippen molar-refractivity contribution in [3.8, 4) is 6.07 Å². The molecule has 1 aromatic heterocycles. The second-order valence-corrected chi connectivity index (χ2v) is 5.11. The molecule has 0 fully saturated rings. The molecular formula is C13H12N4OS. The van der Waals surface area contributed by atoms with Crippen molar-refractivity contribution in [2.75, 3.05) is 5.32 Å². The molecule has 19 heavy (non-hydrogen) atoms. The van der Waals surface area contributed by atoms with Crippen molar-refractivity contribution in [2.24, 2.45) is 0 Å². The monoisotopic (exact) mass is 272 g/mol. The lowest BCUT2D eigenvalue weighted by Gasteiger charge is -1.97. The molecule has 2 aromatic rings. The van der Waals surface area contributed by atoms with Gasteiger partial charge in [0.25, 0.3) is 0 Å². The fourth-order valence-electron chi connectivity index (χ4n) is 1.49. The van der Waals surface area contributed by atoms with Crippen LogP contribution in [-0.4, -0.2) is 16.1 Å². The van der Waals surface area contributed by atoms with Gasteiger partial charge in [-0.3, -0.25) is 10.1 Å². The number of amides is 1. The molecule has 6 heteroatoms. The zero-order chi connectivity index (χ0) is 13.7. The van der Waals surface area contributed by atoms with E-state index in [4.69, 9.17) is 5.26 Å². The smallest absolute Gasteiger partial charge is 0.240 e. The second kappa shape index (κ2) is 6.07. The van der Waals surface area contributed by atoms with Gasteiger partial charge in [0.15, 0.2) is 0 Å². The van der Waals surface area contributed by atoms with Gasteiger partial charge in [-0.2, -0.15) is 5.26 Å². The van der Waals surface area contributed by atoms with Gasteiger partial charge in [0.05, 0.1) is 6.07 Å². The highest BCUT2D eigenvalue weighted by atomic mass is 32.1. The van der Waals surface area contributed by atoms with Crippen molar-refractivity contribution >= 4 is 22.4 Å². The molecule has 0 radical (unpaired) electrons. The Bertz CT molecular complexity index is 612. The first kappa shape index (κ1) is 13.2. The zero-order valence-electron chi connectivity index (χ0n) is 10.4. The average molecular weight is 272 g/mol. The molecule has 1 aromatic carbocycles. The van der Waals surface area contributed by atoms with Gasteiger partial charge in [-0.05, 0) is 12.5 Å². The first-order chi connectivity index (χ1) is 9.17. The van der Waals surface area contributed by atoms with Crippen molar-refractivity contribution in [3.63, 3.8) is 0 Å². The second-order valence-electron chi connectivity index (χ2n) is 4.05. The third-order valence-corrected chi connectivity index (χ3v) is 3.27. The topological polar surface area (TPSA) is 78.7 Å². The number of carbonyl (C=O) groups is 1. The average Bonchev–Trinajstić information content (AvgIpc) is 2.80. The van der Waals surface area contributed by atoms with Crippen molar-refractivity contribution in [2.45, 2.75) is 19.8 Å². The molecule has 0 bridgehead atoms. The first-order valence-corrected chi connectivity index (χ1v) is 6.54. The van der Waals surface area contributed by atoms with E-state index in [0.717, 1.165) is 10.6 Å². The van der Waals surface area contributed by atoms with Crippen molar-refractivity contribution in [3.05, 3.63) is 40.4 Å². The van der Waals surface area contributed by atoms with E-state index in [1.54, 1.807) is 6.07 Å². The number of rotatable bonds is 4. The minimum atomic E-state index is -0.361. The van der Waals surface area contributed by atoms with Gasteiger partial charge in [-0.15, -0.1) is 10.2 Å². The van der Waals surface area contributed by atoms with E-state index < -0.39 is 0 Å². The highest BCUT2D eigenvalue weighted by molar-refractivity contribution is 7.15. The van der Waals surface area contributed by atoms with E-state index in [9.17, 15) is 4.79 Å². The molecule has 5 nitrogen and oxygen atoms in total. The summed E-state index contributed by atoms with van der Waals surface area (Å²) in [5.74, 6) is -0.361. The van der Waals surface area contributed by atoms with Crippen LogP contribution < -0.4 is 5.32 Å². The summed E-state index contributed by atoms with van der Waals surface area (Å²) in [6.45, 7) is 2.04. The molecular weight excluding hydrogens is 260 g/mol. The minimum absolute atomic E-state index is 0.174. The third kappa shape index (κ3) is 3.86. The normalized spacial score (nSPS) is 9.89. The van der Waals surface area contributed by atoms with E-state index in [0.29, 0.717) is 11.6 Å². The zero-order valence-corrected chi connectivity index (χ0v) is 11.2. The van der Waals surface area contributed by atoms with E-state index in [1.807, 2.05) is 31.2 Å². The van der Waals surface area contributed by atoms with Crippen LogP contribution in [-0.2, 0) is 11.2 Å².